The normalized spacial score (nSPS) is 10.5. The first-order valence-corrected chi connectivity index (χ1v) is 17.4. The summed E-state index contributed by atoms with van der Waals surface area (Å²) in [6.07, 6.45) is 1.18. The molecule has 5 rings (SSSR count). The van der Waals surface area contributed by atoms with Gasteiger partial charge in [0, 0.05) is 23.7 Å². The number of phenols is 1. The van der Waals surface area contributed by atoms with Crippen molar-refractivity contribution in [1.82, 2.24) is 0 Å². The number of phenolic OH excluding ortho intramolecular Hbond substituents is 1. The van der Waals surface area contributed by atoms with Gasteiger partial charge in [-0.1, -0.05) is 116 Å². The fourth-order valence-electron chi connectivity index (χ4n) is 4.04. The monoisotopic (exact) mass is 650 g/mol. The molecule has 9 heteroatoms. The van der Waals surface area contributed by atoms with Gasteiger partial charge in [0.25, 0.3) is 0 Å². The number of sulfonamides is 1. The van der Waals surface area contributed by atoms with Crippen molar-refractivity contribution in [3.8, 4) is 17.2 Å². The SMILES string of the molecule is CC.CC.CC.CC.CN(c1ccccc1)S(C)(=O)=O.Cc1c(O)c2c(c(N)c1Oc1ccccc1)C(=O)c1ccccc1C2=O. The van der Waals surface area contributed by atoms with Crippen molar-refractivity contribution in [2.75, 3.05) is 23.3 Å². The first kappa shape index (κ1) is 41.4. The molecule has 1 aliphatic rings. The summed E-state index contributed by atoms with van der Waals surface area (Å²) in [5.74, 6) is -0.424. The average molecular weight is 651 g/mol. The van der Waals surface area contributed by atoms with Crippen LogP contribution in [0.2, 0.25) is 0 Å². The molecule has 250 valence electrons. The lowest BCUT2D eigenvalue weighted by Gasteiger charge is -2.23. The van der Waals surface area contributed by atoms with Crippen LogP contribution >= 0.6 is 0 Å². The number of anilines is 2. The van der Waals surface area contributed by atoms with E-state index in [1.807, 2.05) is 67.5 Å². The third-order valence-corrected chi connectivity index (χ3v) is 7.35. The zero-order valence-corrected chi connectivity index (χ0v) is 29.8. The molecule has 4 aromatic rings. The number of rotatable bonds is 4. The topological polar surface area (TPSA) is 127 Å². The highest BCUT2D eigenvalue weighted by molar-refractivity contribution is 7.92. The molecule has 0 unspecified atom stereocenters. The molecule has 3 N–H and O–H groups in total. The molecule has 0 aromatic heterocycles. The quantitative estimate of drug-likeness (QED) is 0.147. The van der Waals surface area contributed by atoms with E-state index in [1.165, 1.54) is 17.6 Å². The minimum atomic E-state index is -3.12. The molecule has 0 heterocycles. The second kappa shape index (κ2) is 20.4. The lowest BCUT2D eigenvalue weighted by molar-refractivity contribution is 0.0977. The van der Waals surface area contributed by atoms with E-state index in [1.54, 1.807) is 79.7 Å². The lowest BCUT2D eigenvalue weighted by atomic mass is 9.81. The highest BCUT2D eigenvalue weighted by Gasteiger charge is 2.36. The van der Waals surface area contributed by atoms with Gasteiger partial charge in [-0.25, -0.2) is 8.42 Å². The van der Waals surface area contributed by atoms with E-state index >= 15 is 0 Å². The molecule has 0 spiro atoms. The Bertz CT molecular complexity index is 1640. The maximum absolute atomic E-state index is 12.9. The van der Waals surface area contributed by atoms with Crippen LogP contribution in [0.4, 0.5) is 11.4 Å². The number of para-hydroxylation sites is 2. The Morgan fingerprint density at radius 2 is 1.07 bits per heavy atom. The molecule has 0 radical (unpaired) electrons. The Morgan fingerprint density at radius 1 is 0.674 bits per heavy atom. The van der Waals surface area contributed by atoms with Gasteiger partial charge in [0.05, 0.1) is 28.8 Å². The Kier molecular flexibility index (Phi) is 18.4. The van der Waals surface area contributed by atoms with E-state index in [0.717, 1.165) is 0 Å². The molecule has 4 aromatic carbocycles. The smallest absolute Gasteiger partial charge is 0.231 e. The van der Waals surface area contributed by atoms with Crippen molar-refractivity contribution < 1.29 is 27.9 Å². The maximum atomic E-state index is 12.9. The summed E-state index contributed by atoms with van der Waals surface area (Å²) in [5, 5.41) is 10.6. The third-order valence-electron chi connectivity index (χ3n) is 6.15. The fraction of sp³-hybridized carbons (Fsp3) is 0.297. The summed E-state index contributed by atoms with van der Waals surface area (Å²) in [4.78, 5) is 25.8. The van der Waals surface area contributed by atoms with Crippen molar-refractivity contribution in [2.45, 2.75) is 62.3 Å². The number of carbonyl (C=O) groups excluding carboxylic acids is 2. The Labute approximate surface area is 275 Å². The van der Waals surface area contributed by atoms with Gasteiger partial charge in [0.15, 0.2) is 17.3 Å². The van der Waals surface area contributed by atoms with Crippen LogP contribution in [0.1, 0.15) is 92.8 Å². The minimum absolute atomic E-state index is 0.0114. The first-order chi connectivity index (χ1) is 22.0. The fourth-order valence-corrected chi connectivity index (χ4v) is 4.54. The number of fused-ring (bicyclic) bond motifs is 2. The summed E-state index contributed by atoms with van der Waals surface area (Å²) < 4.78 is 29.2. The van der Waals surface area contributed by atoms with Gasteiger partial charge in [0.2, 0.25) is 10.0 Å². The first-order valence-electron chi connectivity index (χ1n) is 15.6. The molecular weight excluding hydrogens is 600 g/mol. The van der Waals surface area contributed by atoms with Crippen molar-refractivity contribution in [2.24, 2.45) is 0 Å². The van der Waals surface area contributed by atoms with Crippen LogP contribution < -0.4 is 14.8 Å². The van der Waals surface area contributed by atoms with Crippen LogP contribution in [0.3, 0.4) is 0 Å². The standard InChI is InChI=1S/C21H15NO4.C8H11NO2S.4C2H6/c1-11-18(23)16-15(17(22)21(11)26-12-7-3-2-4-8-12)19(24)13-9-5-6-10-14(13)20(16)25;1-9(12(2,10)11)8-6-4-3-5-7-8;4*1-2/h2-10,23H,22H2,1H3;3-7H,1-2H3;4*1-2H3. The Hall–Kier alpha value is -4.63. The third kappa shape index (κ3) is 9.94. The zero-order chi connectivity index (χ0) is 35.6. The summed E-state index contributed by atoms with van der Waals surface area (Å²) in [7, 11) is -1.59. The maximum Gasteiger partial charge on any atom is 0.231 e. The predicted octanol–water partition coefficient (Wildman–Crippen LogP) is 9.04. The molecule has 0 fully saturated rings. The summed E-state index contributed by atoms with van der Waals surface area (Å²) in [6.45, 7) is 17.6. The minimum Gasteiger partial charge on any atom is -0.507 e. The van der Waals surface area contributed by atoms with Crippen LogP contribution in [-0.2, 0) is 10.0 Å². The number of ketones is 2. The number of benzene rings is 4. The highest BCUT2D eigenvalue weighted by atomic mass is 32.2. The summed E-state index contributed by atoms with van der Waals surface area (Å²) in [6, 6.07) is 24.4. The lowest BCUT2D eigenvalue weighted by Crippen LogP contribution is -2.24. The number of ether oxygens (including phenoxy) is 1. The molecule has 0 aliphatic heterocycles. The number of hydrogen-bond donors (Lipinski definition) is 2. The van der Waals surface area contributed by atoms with E-state index in [9.17, 15) is 23.1 Å². The molecule has 0 saturated carbocycles. The van der Waals surface area contributed by atoms with E-state index < -0.39 is 21.6 Å². The van der Waals surface area contributed by atoms with Crippen molar-refractivity contribution in [3.05, 3.63) is 113 Å². The van der Waals surface area contributed by atoms with Crippen molar-refractivity contribution in [3.63, 3.8) is 0 Å². The number of aromatic hydroxyl groups is 1. The van der Waals surface area contributed by atoms with E-state index in [4.69, 9.17) is 10.5 Å². The molecule has 1 aliphatic carbocycles. The van der Waals surface area contributed by atoms with Gasteiger partial charge >= 0.3 is 0 Å². The van der Waals surface area contributed by atoms with Crippen LogP contribution in [0.15, 0.2) is 84.9 Å². The predicted molar refractivity (Wildman–Crippen MR) is 192 cm³/mol. The molecule has 0 atom stereocenters. The molecular formula is C37H50N2O6S. The van der Waals surface area contributed by atoms with Gasteiger partial charge in [0.1, 0.15) is 11.5 Å². The second-order valence-corrected chi connectivity index (χ2v) is 10.7. The number of hydrogen-bond acceptors (Lipinski definition) is 7. The molecule has 8 nitrogen and oxygen atoms in total. The number of nitrogens with zero attached hydrogens (tertiary/aromatic N) is 1. The summed E-state index contributed by atoms with van der Waals surface area (Å²) >= 11 is 0. The van der Waals surface area contributed by atoms with Gasteiger partial charge < -0.3 is 15.6 Å². The highest BCUT2D eigenvalue weighted by Crippen LogP contribution is 2.45. The molecule has 0 saturated heterocycles. The van der Waals surface area contributed by atoms with Crippen molar-refractivity contribution in [1.29, 1.82) is 0 Å². The average Bonchev–Trinajstić information content (AvgIpc) is 3.11. The van der Waals surface area contributed by atoms with E-state index in [2.05, 4.69) is 0 Å². The van der Waals surface area contributed by atoms with Crippen LogP contribution in [-0.4, -0.2) is 38.4 Å². The Morgan fingerprint density at radius 3 is 1.50 bits per heavy atom. The number of carbonyl (C=O) groups is 2. The van der Waals surface area contributed by atoms with Crippen LogP contribution in [0.25, 0.3) is 0 Å². The second-order valence-electron chi connectivity index (χ2n) is 8.65. The summed E-state index contributed by atoms with van der Waals surface area (Å²) in [5.41, 5.74) is 7.71. The number of nitrogen functional groups attached to an aromatic ring is 1. The Balaban J connectivity index is 0.000000852. The molecule has 0 amide bonds. The van der Waals surface area contributed by atoms with Gasteiger partial charge in [-0.05, 0) is 31.2 Å². The van der Waals surface area contributed by atoms with Crippen LogP contribution in [0.5, 0.6) is 17.2 Å². The van der Waals surface area contributed by atoms with Crippen LogP contribution in [0, 0.1) is 6.92 Å². The number of nitrogens with two attached hydrogens (primary N) is 1. The molecule has 0 bridgehead atoms. The van der Waals surface area contributed by atoms with E-state index in [0.29, 0.717) is 17.0 Å². The largest absolute Gasteiger partial charge is 0.507 e. The molecule has 46 heavy (non-hydrogen) atoms. The van der Waals surface area contributed by atoms with E-state index in [-0.39, 0.29) is 39.4 Å². The zero-order valence-electron chi connectivity index (χ0n) is 29.0. The van der Waals surface area contributed by atoms with Crippen molar-refractivity contribution >= 4 is 33.0 Å². The van der Waals surface area contributed by atoms with Gasteiger partial charge in [-0.3, -0.25) is 13.9 Å². The van der Waals surface area contributed by atoms with Gasteiger partial charge in [-0.2, -0.15) is 0 Å². The van der Waals surface area contributed by atoms with Gasteiger partial charge in [-0.15, -0.1) is 0 Å².